The van der Waals surface area contributed by atoms with Crippen LogP contribution in [0, 0.1) is 23.7 Å². The minimum Gasteiger partial charge on any atom is -0.477 e. The third kappa shape index (κ3) is 8.61. The zero-order valence-corrected chi connectivity index (χ0v) is 26.1. The Hall–Kier alpha value is -2.82. The Labute approximate surface area is 258 Å². The largest absolute Gasteiger partial charge is 0.477 e. The standard InChI is InChI=1S/C31H42ClN7O2S/c1-5-28(35-20(2)33-15-12-21-18-31(3,4)34-19-21)42-38-30(40)25-10-11-26(36-29(25)32)39-16-13-27(37-39)41-17-14-24(22-6-7-22)23-8-9-23/h5,10-11,13,16,21-24,33-34H,1-2,6-9,12,14-15,17-19H2,3-4H3,(H,38,40)/b35-28+. The summed E-state index contributed by atoms with van der Waals surface area (Å²) in [7, 11) is 0. The molecule has 2 aliphatic carbocycles. The van der Waals surface area contributed by atoms with Gasteiger partial charge >= 0.3 is 0 Å². The van der Waals surface area contributed by atoms with Crippen LogP contribution in [-0.4, -0.2) is 51.0 Å². The monoisotopic (exact) mass is 611 g/mol. The van der Waals surface area contributed by atoms with Crippen LogP contribution >= 0.6 is 23.5 Å². The van der Waals surface area contributed by atoms with Crippen molar-refractivity contribution in [2.45, 2.75) is 64.3 Å². The van der Waals surface area contributed by atoms with Gasteiger partial charge in [-0.3, -0.25) is 9.52 Å². The second kappa shape index (κ2) is 13.7. The fraction of sp³-hybridized carbons (Fsp3) is 0.548. The molecule has 1 unspecified atom stereocenters. The predicted octanol–water partition coefficient (Wildman–Crippen LogP) is 5.93. The predicted molar refractivity (Wildman–Crippen MR) is 170 cm³/mol. The van der Waals surface area contributed by atoms with Gasteiger partial charge in [-0.05, 0) is 107 Å². The number of hydrogen-bond acceptors (Lipinski definition) is 8. The van der Waals surface area contributed by atoms with Crippen molar-refractivity contribution in [2.24, 2.45) is 28.7 Å². The normalized spacial score (nSPS) is 20.0. The number of halogens is 1. The molecule has 2 saturated carbocycles. The molecule has 0 radical (unpaired) electrons. The number of nitrogens with one attached hydrogen (secondary N) is 3. The van der Waals surface area contributed by atoms with Crippen LogP contribution in [0.1, 0.15) is 69.2 Å². The van der Waals surface area contributed by atoms with Gasteiger partial charge in [0.1, 0.15) is 16.0 Å². The highest BCUT2D eigenvalue weighted by molar-refractivity contribution is 8.13. The number of nitrogens with zero attached hydrogens (tertiary/aromatic N) is 4. The summed E-state index contributed by atoms with van der Waals surface area (Å²) in [5.41, 5.74) is 0.450. The molecule has 1 saturated heterocycles. The molecule has 3 fully saturated rings. The topological polar surface area (TPSA) is 105 Å². The van der Waals surface area contributed by atoms with Crippen LogP contribution in [0.25, 0.3) is 5.82 Å². The third-order valence-corrected chi connectivity index (χ3v) is 9.29. The molecule has 3 heterocycles. The first-order valence-corrected chi connectivity index (χ1v) is 16.1. The van der Waals surface area contributed by atoms with E-state index in [9.17, 15) is 4.79 Å². The van der Waals surface area contributed by atoms with Crippen molar-refractivity contribution >= 4 is 34.5 Å². The maximum absolute atomic E-state index is 12.8. The number of aliphatic imine (C=N–C) groups is 1. The smallest absolute Gasteiger partial charge is 0.264 e. The summed E-state index contributed by atoms with van der Waals surface area (Å²) in [5, 5.41) is 11.9. The van der Waals surface area contributed by atoms with E-state index in [-0.39, 0.29) is 22.2 Å². The summed E-state index contributed by atoms with van der Waals surface area (Å²) >= 11 is 7.45. The molecule has 0 bridgehead atoms. The molecule has 2 aromatic heterocycles. The van der Waals surface area contributed by atoms with E-state index >= 15 is 0 Å². The number of amides is 1. The number of pyridine rings is 1. The van der Waals surface area contributed by atoms with Gasteiger partial charge in [0.15, 0.2) is 5.82 Å². The molecule has 42 heavy (non-hydrogen) atoms. The van der Waals surface area contributed by atoms with Crippen molar-refractivity contribution in [1.29, 1.82) is 0 Å². The average Bonchev–Trinajstić information content (AvgIpc) is 3.89. The SMILES string of the molecule is C=C/C(=N\C(=C)NCCC1CNC(C)(C)C1)SNC(=O)c1ccc(-n2ccc(OCCC(C3CC3)C3CC3)n2)nc1Cl. The van der Waals surface area contributed by atoms with Gasteiger partial charge in [0, 0.05) is 36.3 Å². The van der Waals surface area contributed by atoms with E-state index in [2.05, 4.69) is 57.4 Å². The number of carbonyl (C=O) groups is 1. The minimum absolute atomic E-state index is 0.0769. The van der Waals surface area contributed by atoms with E-state index in [1.54, 1.807) is 29.1 Å². The Morgan fingerprint density at radius 1 is 1.31 bits per heavy atom. The van der Waals surface area contributed by atoms with E-state index in [0.29, 0.717) is 35.1 Å². The van der Waals surface area contributed by atoms with Crippen LogP contribution in [0.4, 0.5) is 0 Å². The first-order chi connectivity index (χ1) is 20.2. The van der Waals surface area contributed by atoms with Gasteiger partial charge in [0.05, 0.1) is 12.2 Å². The number of carbonyl (C=O) groups excluding carboxylic acids is 1. The number of hydrogen-bond donors (Lipinski definition) is 3. The molecule has 3 N–H and O–H groups in total. The van der Waals surface area contributed by atoms with Crippen molar-refractivity contribution in [1.82, 2.24) is 30.1 Å². The molecule has 1 atom stereocenters. The quantitative estimate of drug-likeness (QED) is 0.105. The molecule has 1 aliphatic heterocycles. The molecule has 1 amide bonds. The molecule has 0 aromatic carbocycles. The lowest BCUT2D eigenvalue weighted by molar-refractivity contribution is 0.0984. The maximum atomic E-state index is 12.8. The Morgan fingerprint density at radius 2 is 2.07 bits per heavy atom. The van der Waals surface area contributed by atoms with E-state index in [4.69, 9.17) is 16.3 Å². The fourth-order valence-electron chi connectivity index (χ4n) is 5.79. The van der Waals surface area contributed by atoms with Gasteiger partial charge < -0.3 is 15.4 Å². The van der Waals surface area contributed by atoms with Crippen molar-refractivity contribution in [3.63, 3.8) is 0 Å². The lowest BCUT2D eigenvalue weighted by Gasteiger charge is -2.17. The summed E-state index contributed by atoms with van der Waals surface area (Å²) in [6.45, 7) is 14.7. The van der Waals surface area contributed by atoms with Crippen molar-refractivity contribution in [2.75, 3.05) is 19.7 Å². The maximum Gasteiger partial charge on any atom is 0.264 e. The lowest BCUT2D eigenvalue weighted by atomic mass is 9.95. The first kappa shape index (κ1) is 30.6. The van der Waals surface area contributed by atoms with Crippen molar-refractivity contribution < 1.29 is 9.53 Å². The van der Waals surface area contributed by atoms with Crippen LogP contribution < -0.4 is 20.1 Å². The Balaban J connectivity index is 1.07. The van der Waals surface area contributed by atoms with Crippen molar-refractivity contribution in [3.8, 4) is 11.7 Å². The van der Waals surface area contributed by atoms with Crippen LogP contribution in [0.5, 0.6) is 5.88 Å². The molecular weight excluding hydrogens is 570 g/mol. The Kier molecular flexibility index (Phi) is 9.96. The molecule has 0 spiro atoms. The molecule has 2 aromatic rings. The number of ether oxygens (including phenoxy) is 1. The van der Waals surface area contributed by atoms with E-state index in [1.807, 2.05) is 6.07 Å². The lowest BCUT2D eigenvalue weighted by Crippen LogP contribution is -2.31. The van der Waals surface area contributed by atoms with Crippen LogP contribution in [0.2, 0.25) is 5.15 Å². The Bertz CT molecular complexity index is 1310. The second-order valence-electron chi connectivity index (χ2n) is 12.3. The van der Waals surface area contributed by atoms with Crippen LogP contribution in [0.3, 0.4) is 0 Å². The first-order valence-electron chi connectivity index (χ1n) is 14.9. The van der Waals surface area contributed by atoms with E-state index < -0.39 is 0 Å². The van der Waals surface area contributed by atoms with Gasteiger partial charge in [0.2, 0.25) is 5.88 Å². The molecule has 226 valence electrons. The molecular formula is C31H42ClN7O2S. The van der Waals surface area contributed by atoms with Gasteiger partial charge in [-0.2, -0.15) is 0 Å². The molecule has 3 aliphatic rings. The summed E-state index contributed by atoms with van der Waals surface area (Å²) in [5.74, 6) is 4.45. The van der Waals surface area contributed by atoms with Gasteiger partial charge in [-0.15, -0.1) is 5.10 Å². The van der Waals surface area contributed by atoms with E-state index in [1.165, 1.54) is 25.7 Å². The third-order valence-electron chi connectivity index (χ3n) is 8.25. The summed E-state index contributed by atoms with van der Waals surface area (Å²) in [4.78, 5) is 21.7. The van der Waals surface area contributed by atoms with Gasteiger partial charge in [-0.25, -0.2) is 14.7 Å². The summed E-state index contributed by atoms with van der Waals surface area (Å²) in [6, 6.07) is 5.15. The molecule has 11 heteroatoms. The fourth-order valence-corrected chi connectivity index (χ4v) is 6.57. The highest BCUT2D eigenvalue weighted by atomic mass is 35.5. The van der Waals surface area contributed by atoms with Gasteiger partial charge in [0.25, 0.3) is 5.91 Å². The zero-order valence-electron chi connectivity index (χ0n) is 24.6. The van der Waals surface area contributed by atoms with Gasteiger partial charge in [-0.1, -0.05) is 24.8 Å². The highest BCUT2D eigenvalue weighted by Crippen LogP contribution is 2.50. The second-order valence-corrected chi connectivity index (χ2v) is 13.5. The van der Waals surface area contributed by atoms with E-state index in [0.717, 1.165) is 62.1 Å². The average molecular weight is 612 g/mol. The molecule has 5 rings (SSSR count). The highest BCUT2D eigenvalue weighted by Gasteiger charge is 2.41. The Morgan fingerprint density at radius 3 is 2.71 bits per heavy atom. The number of aromatic nitrogens is 3. The summed E-state index contributed by atoms with van der Waals surface area (Å²) < 4.78 is 10.3. The van der Waals surface area contributed by atoms with Crippen molar-refractivity contribution in [3.05, 3.63) is 60.2 Å². The minimum atomic E-state index is -0.390. The summed E-state index contributed by atoms with van der Waals surface area (Å²) in [6.07, 6.45) is 12.1. The zero-order chi connectivity index (χ0) is 29.7. The van der Waals surface area contributed by atoms with Crippen LogP contribution in [0.15, 0.2) is 54.4 Å². The number of rotatable bonds is 14. The van der Waals surface area contributed by atoms with Crippen LogP contribution in [-0.2, 0) is 0 Å². The molecule has 9 nitrogen and oxygen atoms in total.